The maximum absolute atomic E-state index is 12.5. The van der Waals surface area contributed by atoms with Gasteiger partial charge in [-0.05, 0) is 12.1 Å². The zero-order chi connectivity index (χ0) is 10.1. The molecule has 0 amide bonds. The molecule has 0 unspecified atom stereocenters. The zero-order valence-corrected chi connectivity index (χ0v) is 7.73. The van der Waals surface area contributed by atoms with E-state index in [1.54, 1.807) is 6.07 Å². The Morgan fingerprint density at radius 3 is 2.54 bits per heavy atom. The van der Waals surface area contributed by atoms with E-state index in [-0.39, 0.29) is 10.6 Å². The molecule has 0 aromatic heterocycles. The minimum Gasteiger partial charge on any atom is -0.192 e. The predicted molar refractivity (Wildman–Crippen MR) is 44.5 cm³/mol. The van der Waals surface area contributed by atoms with Gasteiger partial charge in [-0.15, -0.1) is 3.89 Å². The van der Waals surface area contributed by atoms with E-state index >= 15 is 0 Å². The summed E-state index contributed by atoms with van der Waals surface area (Å²) in [6.07, 6.45) is 0. The van der Waals surface area contributed by atoms with Gasteiger partial charge in [0.2, 0.25) is 0 Å². The lowest BCUT2D eigenvalue weighted by atomic mass is 10.2. The number of nitriles is 1. The second-order valence-corrected chi connectivity index (χ2v) is 3.86. The summed E-state index contributed by atoms with van der Waals surface area (Å²) in [5, 5.41) is 8.07. The first-order valence-electron chi connectivity index (χ1n) is 3.10. The van der Waals surface area contributed by atoms with Crippen molar-refractivity contribution in [2.24, 2.45) is 0 Å². The van der Waals surface area contributed by atoms with Crippen molar-refractivity contribution in [2.45, 2.75) is 4.90 Å². The Morgan fingerprint density at radius 2 is 2.08 bits per heavy atom. The minimum atomic E-state index is -4.85. The Morgan fingerprint density at radius 1 is 1.46 bits per heavy atom. The molecule has 0 atom stereocenters. The molecule has 0 saturated heterocycles. The fraction of sp³-hybridized carbons (Fsp3) is 0. The molecule has 0 spiro atoms. The van der Waals surface area contributed by atoms with Gasteiger partial charge in [0, 0.05) is 0 Å². The molecule has 0 saturated carbocycles. The first-order chi connectivity index (χ1) is 5.96. The molecule has 0 aliphatic rings. The van der Waals surface area contributed by atoms with Crippen LogP contribution in [-0.4, -0.2) is 8.42 Å². The Hall–Kier alpha value is -1.12. The van der Waals surface area contributed by atoms with Crippen molar-refractivity contribution < 1.29 is 12.3 Å². The summed E-state index contributed by atoms with van der Waals surface area (Å²) < 4.78 is 33.4. The van der Waals surface area contributed by atoms with E-state index in [1.165, 1.54) is 12.1 Å². The van der Waals surface area contributed by atoms with Gasteiger partial charge in [0.1, 0.15) is 11.0 Å². The summed E-state index contributed by atoms with van der Waals surface area (Å²) in [6.45, 7) is 0. The van der Waals surface area contributed by atoms with E-state index in [4.69, 9.17) is 16.9 Å². The Kier molecular flexibility index (Phi) is 2.55. The van der Waals surface area contributed by atoms with E-state index in [2.05, 4.69) is 0 Å². The molecule has 6 heteroatoms. The lowest BCUT2D eigenvalue weighted by Gasteiger charge is -1.98. The Bertz CT molecular complexity index is 478. The van der Waals surface area contributed by atoms with E-state index in [1.807, 2.05) is 0 Å². The van der Waals surface area contributed by atoms with Gasteiger partial charge in [0.25, 0.3) is 0 Å². The van der Waals surface area contributed by atoms with Crippen molar-refractivity contribution in [2.75, 3.05) is 0 Å². The van der Waals surface area contributed by atoms with E-state index in [0.29, 0.717) is 0 Å². The molecular weight excluding hydrogens is 217 g/mol. The summed E-state index contributed by atoms with van der Waals surface area (Å²) in [5.41, 5.74) is -0.0691. The van der Waals surface area contributed by atoms with Gasteiger partial charge < -0.3 is 0 Å². The highest BCUT2D eigenvalue weighted by molar-refractivity contribution is 7.86. The molecule has 68 valence electrons. The average Bonchev–Trinajstić information content (AvgIpc) is 2.02. The van der Waals surface area contributed by atoms with Gasteiger partial charge in [0.15, 0.2) is 0 Å². The monoisotopic (exact) mass is 219 g/mol. The molecule has 0 N–H and O–H groups in total. The summed E-state index contributed by atoms with van der Waals surface area (Å²) >= 11 is 5.45. The van der Waals surface area contributed by atoms with Crippen molar-refractivity contribution in [1.29, 1.82) is 5.26 Å². The van der Waals surface area contributed by atoms with Crippen LogP contribution >= 0.6 is 11.6 Å². The van der Waals surface area contributed by atoms with Crippen LogP contribution in [0.2, 0.25) is 5.02 Å². The van der Waals surface area contributed by atoms with Crippen LogP contribution in [-0.2, 0) is 10.2 Å². The van der Waals surface area contributed by atoms with Crippen molar-refractivity contribution in [3.8, 4) is 6.07 Å². The van der Waals surface area contributed by atoms with Crippen LogP contribution in [0.25, 0.3) is 0 Å². The molecule has 3 nitrogen and oxygen atoms in total. The fourth-order valence-electron chi connectivity index (χ4n) is 0.785. The quantitative estimate of drug-likeness (QED) is 0.678. The van der Waals surface area contributed by atoms with E-state index < -0.39 is 15.1 Å². The second-order valence-electron chi connectivity index (χ2n) is 2.17. The van der Waals surface area contributed by atoms with Crippen LogP contribution in [0.4, 0.5) is 3.89 Å². The first kappa shape index (κ1) is 9.96. The topological polar surface area (TPSA) is 57.9 Å². The fourth-order valence-corrected chi connectivity index (χ4v) is 1.80. The second kappa shape index (κ2) is 3.32. The van der Waals surface area contributed by atoms with E-state index in [0.717, 1.165) is 6.07 Å². The predicted octanol–water partition coefficient (Wildman–Crippen LogP) is 1.87. The normalized spacial score (nSPS) is 10.8. The SMILES string of the molecule is N#Cc1cccc(S(=O)(=O)F)c1Cl. The van der Waals surface area contributed by atoms with Crippen molar-refractivity contribution in [3.63, 3.8) is 0 Å². The maximum Gasteiger partial charge on any atom is 0.333 e. The van der Waals surface area contributed by atoms with E-state index in [9.17, 15) is 12.3 Å². The van der Waals surface area contributed by atoms with Crippen LogP contribution in [0.1, 0.15) is 5.56 Å². The third-order valence-corrected chi connectivity index (χ3v) is 2.73. The maximum atomic E-state index is 12.5. The number of nitrogens with zero attached hydrogens (tertiary/aromatic N) is 1. The molecular formula is C7H3ClFNO2S. The number of hydrogen-bond acceptors (Lipinski definition) is 3. The van der Waals surface area contributed by atoms with Crippen molar-refractivity contribution >= 4 is 21.8 Å². The molecule has 1 aromatic carbocycles. The molecule has 0 heterocycles. The smallest absolute Gasteiger partial charge is 0.192 e. The Balaban J connectivity index is 3.53. The van der Waals surface area contributed by atoms with Gasteiger partial charge in [0.05, 0.1) is 10.6 Å². The number of benzene rings is 1. The zero-order valence-electron chi connectivity index (χ0n) is 6.16. The third-order valence-electron chi connectivity index (χ3n) is 1.35. The van der Waals surface area contributed by atoms with Crippen LogP contribution < -0.4 is 0 Å². The van der Waals surface area contributed by atoms with Crippen LogP contribution in [0.15, 0.2) is 23.1 Å². The van der Waals surface area contributed by atoms with Crippen molar-refractivity contribution in [3.05, 3.63) is 28.8 Å². The van der Waals surface area contributed by atoms with Crippen molar-refractivity contribution in [1.82, 2.24) is 0 Å². The highest BCUT2D eigenvalue weighted by atomic mass is 35.5. The summed E-state index contributed by atoms with van der Waals surface area (Å²) in [6, 6.07) is 5.19. The van der Waals surface area contributed by atoms with Gasteiger partial charge in [-0.2, -0.15) is 13.7 Å². The number of rotatable bonds is 1. The highest BCUT2D eigenvalue weighted by Gasteiger charge is 2.18. The molecule has 13 heavy (non-hydrogen) atoms. The average molecular weight is 220 g/mol. The molecule has 0 radical (unpaired) electrons. The number of hydrogen-bond donors (Lipinski definition) is 0. The van der Waals surface area contributed by atoms with Crippen LogP contribution in [0.5, 0.6) is 0 Å². The van der Waals surface area contributed by atoms with Gasteiger partial charge >= 0.3 is 10.2 Å². The van der Waals surface area contributed by atoms with Crippen LogP contribution in [0.3, 0.4) is 0 Å². The van der Waals surface area contributed by atoms with Gasteiger partial charge in [-0.1, -0.05) is 17.7 Å². The summed E-state index contributed by atoms with van der Waals surface area (Å²) in [5.74, 6) is 0. The molecule has 1 rings (SSSR count). The standard InChI is InChI=1S/C7H3ClFNO2S/c8-7-5(4-10)2-1-3-6(7)13(9,11)12/h1-3H. The largest absolute Gasteiger partial charge is 0.333 e. The summed E-state index contributed by atoms with van der Waals surface area (Å²) in [4.78, 5) is -0.673. The first-order valence-corrected chi connectivity index (χ1v) is 4.86. The lowest BCUT2D eigenvalue weighted by Crippen LogP contribution is -1.94. The molecule has 0 aliphatic carbocycles. The minimum absolute atomic E-state index is 0.0691. The highest BCUT2D eigenvalue weighted by Crippen LogP contribution is 2.25. The third kappa shape index (κ3) is 1.97. The van der Waals surface area contributed by atoms with Gasteiger partial charge in [-0.25, -0.2) is 0 Å². The Labute approximate surface area is 79.6 Å². The molecule has 0 fully saturated rings. The lowest BCUT2D eigenvalue weighted by molar-refractivity contribution is 0.552. The molecule has 1 aromatic rings. The number of halogens is 2. The van der Waals surface area contributed by atoms with Gasteiger partial charge in [-0.3, -0.25) is 0 Å². The summed E-state index contributed by atoms with van der Waals surface area (Å²) in [7, 11) is -4.85. The van der Waals surface area contributed by atoms with Crippen LogP contribution in [0, 0.1) is 11.3 Å². The molecule has 0 bridgehead atoms. The molecule has 0 aliphatic heterocycles.